The molecule has 2 heteroatoms. The highest BCUT2D eigenvalue weighted by molar-refractivity contribution is 6.97. The van der Waals surface area contributed by atoms with E-state index in [0.29, 0.717) is 0 Å². The smallest absolute Gasteiger partial charge is 0.0726 e. The van der Waals surface area contributed by atoms with E-state index in [1.165, 1.54) is 5.22 Å². The first-order valence-electron chi connectivity index (χ1n) is 6.53. The molecule has 0 bridgehead atoms. The zero-order valence-electron chi connectivity index (χ0n) is 12.0. The van der Waals surface area contributed by atoms with Crippen molar-refractivity contribution in [2.24, 2.45) is 0 Å². The third kappa shape index (κ3) is 2.33. The quantitative estimate of drug-likeness (QED) is 0.716. The van der Waals surface area contributed by atoms with Gasteiger partial charge < -0.3 is 0 Å². The van der Waals surface area contributed by atoms with Crippen LogP contribution in [0.15, 0.2) is 24.3 Å². The van der Waals surface area contributed by atoms with Crippen LogP contribution in [-0.4, -0.2) is 16.1 Å². The van der Waals surface area contributed by atoms with E-state index in [1.807, 2.05) is 0 Å². The predicted octanol–water partition coefficient (Wildman–Crippen LogP) is 3.22. The van der Waals surface area contributed by atoms with E-state index < -0.39 is 16.1 Å². The third-order valence-corrected chi connectivity index (χ3v) is 8.46. The maximum atomic E-state index is 2.55. The number of benzene rings is 1. The van der Waals surface area contributed by atoms with E-state index in [2.05, 4.69) is 69.6 Å². The van der Waals surface area contributed by atoms with E-state index in [0.717, 1.165) is 5.54 Å². The highest BCUT2D eigenvalue weighted by Gasteiger charge is 2.36. The molecule has 0 amide bonds. The number of hydrogen-bond acceptors (Lipinski definition) is 0. The molecular formula is C15H24Si2. The zero-order valence-corrected chi connectivity index (χ0v) is 14.0. The average molecular weight is 261 g/mol. The Hall–Kier alpha value is -0.606. The van der Waals surface area contributed by atoms with E-state index in [4.69, 9.17) is 0 Å². The van der Waals surface area contributed by atoms with Gasteiger partial charge in [-0.1, -0.05) is 74.8 Å². The molecule has 0 N–H and O–H groups in total. The molecule has 1 unspecified atom stereocenters. The minimum Gasteiger partial charge on any atom is -0.0726 e. The van der Waals surface area contributed by atoms with Crippen molar-refractivity contribution >= 4 is 27.4 Å². The molecule has 0 aliphatic heterocycles. The van der Waals surface area contributed by atoms with Gasteiger partial charge in [0.2, 0.25) is 0 Å². The summed E-state index contributed by atoms with van der Waals surface area (Å²) in [7, 11) is -2.38. The van der Waals surface area contributed by atoms with E-state index in [1.54, 1.807) is 10.4 Å². The molecule has 17 heavy (non-hydrogen) atoms. The predicted molar refractivity (Wildman–Crippen MR) is 84.0 cm³/mol. The van der Waals surface area contributed by atoms with Crippen LogP contribution in [0, 0.1) is 0 Å². The van der Waals surface area contributed by atoms with Crippen LogP contribution in [0.4, 0.5) is 0 Å². The summed E-state index contributed by atoms with van der Waals surface area (Å²) in [6.07, 6.45) is 2.55. The summed E-state index contributed by atoms with van der Waals surface area (Å²) in [5.74, 6) is 0. The lowest BCUT2D eigenvalue weighted by Crippen LogP contribution is -2.38. The van der Waals surface area contributed by atoms with Crippen LogP contribution in [0.1, 0.15) is 0 Å². The second kappa shape index (κ2) is 3.96. The van der Waals surface area contributed by atoms with Crippen LogP contribution >= 0.6 is 0 Å². The maximum Gasteiger partial charge on any atom is 0.0736 e. The fraction of sp³-hybridized carbons (Fsp3) is 0.467. The Morgan fingerprint density at radius 2 is 1.47 bits per heavy atom. The third-order valence-electron chi connectivity index (χ3n) is 3.65. The van der Waals surface area contributed by atoms with Crippen molar-refractivity contribution < 1.29 is 0 Å². The first-order valence-corrected chi connectivity index (χ1v) is 13.6. The number of fused-ring (bicyclic) bond motifs is 1. The Kier molecular flexibility index (Phi) is 2.99. The van der Waals surface area contributed by atoms with Crippen molar-refractivity contribution in [2.45, 2.75) is 44.8 Å². The van der Waals surface area contributed by atoms with Crippen LogP contribution in [0.5, 0.6) is 0 Å². The van der Waals surface area contributed by atoms with Gasteiger partial charge in [0, 0.05) is 0 Å². The molecule has 1 aromatic carbocycles. The minimum absolute atomic E-state index is 0.756. The lowest BCUT2D eigenvalue weighted by molar-refractivity contribution is 1.38. The maximum absolute atomic E-state index is 2.55. The van der Waals surface area contributed by atoms with E-state index in [-0.39, 0.29) is 0 Å². The van der Waals surface area contributed by atoms with Gasteiger partial charge >= 0.3 is 0 Å². The first kappa shape index (κ1) is 12.8. The van der Waals surface area contributed by atoms with E-state index >= 15 is 0 Å². The van der Waals surface area contributed by atoms with Crippen molar-refractivity contribution in [3.05, 3.63) is 34.7 Å². The first-order chi connectivity index (χ1) is 7.71. The standard InChI is InChI=1S/C15H24Si2/c1-16(2,3)14-11-12-9-7-8-10-13(12)15(14)17(4,5)6/h7-11,14H,1-6H3. The SMILES string of the molecule is C[Si](C)(C)C1=c2ccccc2=CC1[Si](C)(C)C. The van der Waals surface area contributed by atoms with Gasteiger partial charge in [-0.3, -0.25) is 0 Å². The van der Waals surface area contributed by atoms with Gasteiger partial charge in [-0.25, -0.2) is 0 Å². The largest absolute Gasteiger partial charge is 0.0736 e. The average Bonchev–Trinajstić information content (AvgIpc) is 2.54. The molecule has 0 spiro atoms. The van der Waals surface area contributed by atoms with Crippen LogP contribution in [0.3, 0.4) is 0 Å². The molecule has 0 saturated heterocycles. The molecule has 0 nitrogen and oxygen atoms in total. The highest BCUT2D eigenvalue weighted by atomic mass is 28.3. The molecule has 1 aromatic rings. The molecule has 1 aliphatic rings. The number of hydrogen-bond donors (Lipinski definition) is 0. The molecule has 0 heterocycles. The second-order valence-electron chi connectivity index (χ2n) is 7.26. The van der Waals surface area contributed by atoms with Crippen LogP contribution in [-0.2, 0) is 0 Å². The Labute approximate surface area is 107 Å². The minimum atomic E-state index is -1.23. The lowest BCUT2D eigenvalue weighted by atomic mass is 10.3. The highest BCUT2D eigenvalue weighted by Crippen LogP contribution is 2.38. The summed E-state index contributed by atoms with van der Waals surface area (Å²) in [6, 6.07) is 8.98. The van der Waals surface area contributed by atoms with Crippen molar-refractivity contribution in [1.82, 2.24) is 0 Å². The molecule has 2 rings (SSSR count). The van der Waals surface area contributed by atoms with Crippen molar-refractivity contribution in [2.75, 3.05) is 0 Å². The summed E-state index contributed by atoms with van der Waals surface area (Å²) < 4.78 is 0. The summed E-state index contributed by atoms with van der Waals surface area (Å²) in [5.41, 5.74) is 0.756. The summed E-state index contributed by atoms with van der Waals surface area (Å²) >= 11 is 0. The van der Waals surface area contributed by atoms with Gasteiger partial charge in [-0.15, -0.1) is 0 Å². The fourth-order valence-electron chi connectivity index (χ4n) is 2.87. The molecule has 92 valence electrons. The molecule has 1 atom stereocenters. The second-order valence-corrected chi connectivity index (χ2v) is 17.7. The molecule has 1 aliphatic carbocycles. The Bertz CT molecular complexity index is 542. The molecule has 0 fully saturated rings. The van der Waals surface area contributed by atoms with Gasteiger partial charge in [0.15, 0.2) is 0 Å². The molecule has 0 aromatic heterocycles. The van der Waals surface area contributed by atoms with Gasteiger partial charge in [-0.05, 0) is 16.0 Å². The van der Waals surface area contributed by atoms with Crippen LogP contribution in [0.2, 0.25) is 44.8 Å². The Morgan fingerprint density at radius 3 is 2.00 bits per heavy atom. The summed E-state index contributed by atoms with van der Waals surface area (Å²) in [5, 5.41) is 4.84. The van der Waals surface area contributed by atoms with Gasteiger partial charge in [-0.2, -0.15) is 0 Å². The topological polar surface area (TPSA) is 0 Å². The monoisotopic (exact) mass is 260 g/mol. The normalized spacial score (nSPS) is 20.1. The van der Waals surface area contributed by atoms with Gasteiger partial charge in [0.05, 0.1) is 16.1 Å². The van der Waals surface area contributed by atoms with Crippen LogP contribution in [0.25, 0.3) is 11.3 Å². The van der Waals surface area contributed by atoms with Gasteiger partial charge in [0.1, 0.15) is 0 Å². The van der Waals surface area contributed by atoms with Crippen molar-refractivity contribution in [1.29, 1.82) is 0 Å². The number of rotatable bonds is 2. The van der Waals surface area contributed by atoms with Crippen LogP contribution < -0.4 is 10.4 Å². The molecule has 0 radical (unpaired) electrons. The fourth-order valence-corrected chi connectivity index (χ4v) is 9.22. The van der Waals surface area contributed by atoms with Gasteiger partial charge in [0.25, 0.3) is 0 Å². The van der Waals surface area contributed by atoms with Crippen molar-refractivity contribution in [3.63, 3.8) is 0 Å². The lowest BCUT2D eigenvalue weighted by Gasteiger charge is -2.33. The Morgan fingerprint density at radius 1 is 0.882 bits per heavy atom. The zero-order chi connectivity index (χ0) is 12.8. The van der Waals surface area contributed by atoms with Crippen molar-refractivity contribution in [3.8, 4) is 0 Å². The Balaban J connectivity index is 2.76. The molecule has 0 saturated carbocycles. The van der Waals surface area contributed by atoms with E-state index in [9.17, 15) is 0 Å². The summed E-state index contributed by atoms with van der Waals surface area (Å²) in [4.78, 5) is 0. The molecular weight excluding hydrogens is 236 g/mol. The summed E-state index contributed by atoms with van der Waals surface area (Å²) in [6.45, 7) is 15.0.